The number of pyridine rings is 1. The summed E-state index contributed by atoms with van der Waals surface area (Å²) < 4.78 is 46.1. The number of rotatable bonds is 11. The fourth-order valence-electron chi connectivity index (χ4n) is 5.57. The van der Waals surface area contributed by atoms with E-state index in [-0.39, 0.29) is 18.7 Å². The van der Waals surface area contributed by atoms with Crippen molar-refractivity contribution in [3.05, 3.63) is 65.1 Å². The number of piperidine rings is 1. The Labute approximate surface area is 225 Å². The molecule has 3 N–H and O–H groups in total. The smallest absolute Gasteiger partial charge is 0.303 e. The van der Waals surface area contributed by atoms with Crippen molar-refractivity contribution >= 4 is 22.6 Å². The third-order valence-electron chi connectivity index (χ3n) is 7.78. The molecule has 210 valence electrons. The maximum Gasteiger partial charge on any atom is 0.303 e. The second-order valence-electron chi connectivity index (χ2n) is 10.4. The summed E-state index contributed by atoms with van der Waals surface area (Å²) in [6.45, 7) is 3.93. The molecule has 2 heterocycles. The summed E-state index contributed by atoms with van der Waals surface area (Å²) in [6, 6.07) is 6.94. The van der Waals surface area contributed by atoms with E-state index in [1.807, 2.05) is 25.1 Å². The van der Waals surface area contributed by atoms with Crippen LogP contribution in [0.2, 0.25) is 0 Å². The molecule has 0 bridgehead atoms. The number of carboxylic acid groups (broad SMARTS) is 1. The Morgan fingerprint density at radius 1 is 1.21 bits per heavy atom. The van der Waals surface area contributed by atoms with Crippen molar-refractivity contribution < 1.29 is 32.9 Å². The number of methoxy groups -OCH3 is 1. The molecule has 0 aliphatic carbocycles. The minimum atomic E-state index is -1.25. The van der Waals surface area contributed by atoms with Crippen molar-refractivity contribution in [3.63, 3.8) is 0 Å². The number of carbonyl (C=O) groups is 1. The number of aromatic nitrogens is 1. The van der Waals surface area contributed by atoms with E-state index in [1.54, 1.807) is 13.3 Å². The van der Waals surface area contributed by atoms with E-state index in [0.717, 1.165) is 28.1 Å². The molecule has 1 aliphatic heterocycles. The van der Waals surface area contributed by atoms with Gasteiger partial charge in [0.05, 0.1) is 30.8 Å². The molecule has 4 rings (SSSR count). The number of hydrogen-bond donors (Lipinski definition) is 3. The number of halogens is 3. The van der Waals surface area contributed by atoms with Crippen LogP contribution in [0.4, 0.5) is 18.9 Å². The van der Waals surface area contributed by atoms with Crippen LogP contribution in [-0.4, -0.2) is 59.4 Å². The average molecular weight is 546 g/mol. The van der Waals surface area contributed by atoms with Gasteiger partial charge in [-0.1, -0.05) is 0 Å². The quantitative estimate of drug-likeness (QED) is 0.276. The summed E-state index contributed by atoms with van der Waals surface area (Å²) in [5.41, 5.74) is 1.68. The van der Waals surface area contributed by atoms with E-state index in [0.29, 0.717) is 57.1 Å². The third-order valence-corrected chi connectivity index (χ3v) is 7.78. The molecule has 39 heavy (non-hydrogen) atoms. The number of aliphatic hydroxyl groups is 1. The van der Waals surface area contributed by atoms with Crippen molar-refractivity contribution in [2.45, 2.75) is 45.1 Å². The Morgan fingerprint density at radius 3 is 2.64 bits per heavy atom. The summed E-state index contributed by atoms with van der Waals surface area (Å²) in [6.07, 6.45) is 3.12. The van der Waals surface area contributed by atoms with Crippen LogP contribution in [-0.2, 0) is 4.79 Å². The minimum Gasteiger partial charge on any atom is -0.497 e. The predicted octanol–water partition coefficient (Wildman–Crippen LogP) is 5.45. The highest BCUT2D eigenvalue weighted by molar-refractivity contribution is 5.84. The lowest BCUT2D eigenvalue weighted by Crippen LogP contribution is -2.43. The summed E-state index contributed by atoms with van der Waals surface area (Å²) >= 11 is 0. The zero-order valence-electron chi connectivity index (χ0n) is 22.1. The van der Waals surface area contributed by atoms with Crippen LogP contribution in [0.15, 0.2) is 36.5 Å². The number of aliphatic carboxylic acids is 1. The molecule has 0 radical (unpaired) electrons. The van der Waals surface area contributed by atoms with Gasteiger partial charge in [0, 0.05) is 36.8 Å². The first-order chi connectivity index (χ1) is 18.6. The number of likely N-dealkylation sites (tertiary alicyclic amines) is 1. The molecule has 0 saturated carbocycles. The van der Waals surface area contributed by atoms with Crippen molar-refractivity contribution in [2.75, 3.05) is 38.6 Å². The summed E-state index contributed by atoms with van der Waals surface area (Å²) in [4.78, 5) is 18.3. The summed E-state index contributed by atoms with van der Waals surface area (Å²) in [5, 5.41) is 24.5. The first-order valence-electron chi connectivity index (χ1n) is 13.0. The van der Waals surface area contributed by atoms with Crippen LogP contribution < -0.4 is 10.1 Å². The molecule has 1 saturated heterocycles. The lowest BCUT2D eigenvalue weighted by Gasteiger charge is -2.41. The maximum atomic E-state index is 13.9. The Kier molecular flexibility index (Phi) is 8.97. The average Bonchev–Trinajstić information content (AvgIpc) is 2.90. The van der Waals surface area contributed by atoms with Gasteiger partial charge in [0.1, 0.15) is 11.6 Å². The number of hydrogen-bond acceptors (Lipinski definition) is 6. The van der Waals surface area contributed by atoms with Crippen LogP contribution in [0.1, 0.15) is 49.3 Å². The minimum absolute atomic E-state index is 0.00346. The van der Waals surface area contributed by atoms with E-state index in [1.165, 1.54) is 0 Å². The Balaban J connectivity index is 1.39. The van der Waals surface area contributed by atoms with Gasteiger partial charge in [-0.15, -0.1) is 0 Å². The van der Waals surface area contributed by atoms with Crippen LogP contribution in [0.25, 0.3) is 10.9 Å². The van der Waals surface area contributed by atoms with Gasteiger partial charge >= 0.3 is 5.97 Å². The van der Waals surface area contributed by atoms with Crippen molar-refractivity contribution in [1.29, 1.82) is 0 Å². The van der Waals surface area contributed by atoms with Gasteiger partial charge in [-0.05, 0) is 80.4 Å². The van der Waals surface area contributed by atoms with Gasteiger partial charge in [-0.25, -0.2) is 13.2 Å². The lowest BCUT2D eigenvalue weighted by molar-refractivity contribution is -0.141. The number of carboxylic acids is 1. The SMILES string of the molecule is COc1ccc2ncc(C)c([C@@H](O)CCC3(CC(=O)O)CCN(CCNc4cc(F)cc(F)c4F)CC3)c2c1. The molecular weight excluding hydrogens is 511 g/mol. The fourth-order valence-corrected chi connectivity index (χ4v) is 5.57. The standard InChI is InChI=1S/C29H34F3N3O4/c1-18-17-34-23-4-3-20(39-2)15-21(23)27(18)25(36)5-6-29(16-26(37)38)7-10-35(11-8-29)12-9-33-24-14-19(30)13-22(31)28(24)32/h3-4,13-15,17,25,33,36H,5-12,16H2,1-2H3,(H,37,38)/t25-/m0/s1. The van der Waals surface area contributed by atoms with Gasteiger partial charge in [0.25, 0.3) is 0 Å². The molecule has 10 heteroatoms. The number of anilines is 1. The van der Waals surface area contributed by atoms with E-state index in [2.05, 4.69) is 15.2 Å². The molecule has 1 aromatic heterocycles. The van der Waals surface area contributed by atoms with Gasteiger partial charge < -0.3 is 25.2 Å². The van der Waals surface area contributed by atoms with Crippen LogP contribution in [0, 0.1) is 29.8 Å². The Bertz CT molecular complexity index is 1330. The topological polar surface area (TPSA) is 94.9 Å². The Morgan fingerprint density at radius 2 is 1.95 bits per heavy atom. The number of aryl methyl sites for hydroxylation is 1. The van der Waals surface area contributed by atoms with E-state index < -0.39 is 34.9 Å². The third kappa shape index (κ3) is 6.80. The molecular formula is C29H34F3N3O4. The number of ether oxygens (including phenoxy) is 1. The zero-order chi connectivity index (χ0) is 28.2. The summed E-state index contributed by atoms with van der Waals surface area (Å²) in [5.74, 6) is -3.43. The fraction of sp³-hybridized carbons (Fsp3) is 0.448. The van der Waals surface area contributed by atoms with Gasteiger partial charge in [-0.3, -0.25) is 9.78 Å². The van der Waals surface area contributed by atoms with Gasteiger partial charge in [-0.2, -0.15) is 0 Å². The highest BCUT2D eigenvalue weighted by atomic mass is 19.2. The van der Waals surface area contributed by atoms with Gasteiger partial charge in [0.2, 0.25) is 0 Å². The molecule has 7 nitrogen and oxygen atoms in total. The van der Waals surface area contributed by atoms with E-state index in [9.17, 15) is 28.2 Å². The first kappa shape index (κ1) is 28.6. The molecule has 1 atom stereocenters. The highest BCUT2D eigenvalue weighted by Gasteiger charge is 2.37. The van der Waals surface area contributed by atoms with Gasteiger partial charge in [0.15, 0.2) is 11.6 Å². The zero-order valence-corrected chi connectivity index (χ0v) is 22.1. The second kappa shape index (κ2) is 12.2. The second-order valence-corrected chi connectivity index (χ2v) is 10.4. The number of benzene rings is 2. The maximum absolute atomic E-state index is 13.9. The molecule has 3 aromatic rings. The number of nitrogens with one attached hydrogen (secondary N) is 1. The number of nitrogens with zero attached hydrogens (tertiary/aromatic N) is 2. The highest BCUT2D eigenvalue weighted by Crippen LogP contribution is 2.42. The number of fused-ring (bicyclic) bond motifs is 1. The predicted molar refractivity (Wildman–Crippen MR) is 142 cm³/mol. The van der Waals surface area contributed by atoms with Crippen molar-refractivity contribution in [1.82, 2.24) is 9.88 Å². The largest absolute Gasteiger partial charge is 0.497 e. The normalized spacial score (nSPS) is 16.3. The monoisotopic (exact) mass is 545 g/mol. The molecule has 0 amide bonds. The van der Waals surface area contributed by atoms with Crippen LogP contribution in [0.3, 0.4) is 0 Å². The van der Waals surface area contributed by atoms with E-state index >= 15 is 0 Å². The van der Waals surface area contributed by atoms with E-state index in [4.69, 9.17) is 4.74 Å². The number of aliphatic hydroxyl groups excluding tert-OH is 1. The molecule has 2 aromatic carbocycles. The molecule has 0 spiro atoms. The van der Waals surface area contributed by atoms with Crippen molar-refractivity contribution in [3.8, 4) is 5.75 Å². The van der Waals surface area contributed by atoms with Crippen LogP contribution >= 0.6 is 0 Å². The summed E-state index contributed by atoms with van der Waals surface area (Å²) in [7, 11) is 1.58. The van der Waals surface area contributed by atoms with Crippen LogP contribution in [0.5, 0.6) is 5.75 Å². The van der Waals surface area contributed by atoms with Crippen molar-refractivity contribution in [2.24, 2.45) is 5.41 Å². The molecule has 1 fully saturated rings. The Hall–Kier alpha value is -3.37. The first-order valence-corrected chi connectivity index (χ1v) is 13.0. The lowest BCUT2D eigenvalue weighted by atomic mass is 9.71. The molecule has 0 unspecified atom stereocenters. The molecule has 1 aliphatic rings.